The predicted octanol–water partition coefficient (Wildman–Crippen LogP) is 0.989. The molecule has 7 heteroatoms. The van der Waals surface area contributed by atoms with Crippen molar-refractivity contribution in [3.05, 3.63) is 28.2 Å². The van der Waals surface area contributed by atoms with E-state index in [-0.39, 0.29) is 0 Å². The Hall–Kier alpha value is -0.630. The van der Waals surface area contributed by atoms with E-state index in [1.54, 1.807) is 0 Å². The lowest BCUT2D eigenvalue weighted by Crippen LogP contribution is -2.48. The Morgan fingerprint density at radius 2 is 1.89 bits per heavy atom. The molecule has 0 bridgehead atoms. The summed E-state index contributed by atoms with van der Waals surface area (Å²) in [6.07, 6.45) is 1.26. The van der Waals surface area contributed by atoms with Gasteiger partial charge in [0, 0.05) is 42.9 Å². The van der Waals surface area contributed by atoms with Gasteiger partial charge >= 0.3 is 0 Å². The lowest BCUT2D eigenvalue weighted by atomic mass is 10.1. The first-order valence-corrected chi connectivity index (χ1v) is 8.74. The molecule has 0 unspecified atom stereocenters. The number of hydrogen-bond donors (Lipinski definition) is 1. The van der Waals surface area contributed by atoms with Gasteiger partial charge in [0.1, 0.15) is 0 Å². The molecule has 106 valence electrons. The Balaban J connectivity index is 2.14. The van der Waals surface area contributed by atoms with Crippen LogP contribution < -0.4 is 10.6 Å². The van der Waals surface area contributed by atoms with Crippen LogP contribution >= 0.6 is 15.9 Å². The summed E-state index contributed by atoms with van der Waals surface area (Å²) in [6, 6.07) is 6.03. The van der Waals surface area contributed by atoms with Crippen LogP contribution in [0.2, 0.25) is 0 Å². The Kier molecular flexibility index (Phi) is 4.50. The number of nitrogens with zero attached hydrogens (tertiary/aromatic N) is 2. The second-order valence-electron chi connectivity index (χ2n) is 4.63. The maximum absolute atomic E-state index is 11.5. The normalized spacial score (nSPS) is 17.7. The highest BCUT2D eigenvalue weighted by molar-refractivity contribution is 9.10. The summed E-state index contributed by atoms with van der Waals surface area (Å²) in [5.74, 6) is 0. The molecule has 5 nitrogen and oxygen atoms in total. The number of hydrogen-bond acceptors (Lipinski definition) is 4. The molecule has 19 heavy (non-hydrogen) atoms. The Morgan fingerprint density at radius 3 is 2.42 bits per heavy atom. The molecule has 1 heterocycles. The van der Waals surface area contributed by atoms with Crippen molar-refractivity contribution in [1.29, 1.82) is 0 Å². The van der Waals surface area contributed by atoms with Crippen LogP contribution in [0, 0.1) is 0 Å². The van der Waals surface area contributed by atoms with Gasteiger partial charge in [0.25, 0.3) is 0 Å². The van der Waals surface area contributed by atoms with Crippen LogP contribution in [0.1, 0.15) is 5.56 Å². The van der Waals surface area contributed by atoms with E-state index in [2.05, 4.69) is 20.8 Å². The molecule has 2 N–H and O–H groups in total. The molecule has 1 aliphatic heterocycles. The average Bonchev–Trinajstić information content (AvgIpc) is 2.37. The van der Waals surface area contributed by atoms with Crippen molar-refractivity contribution in [2.45, 2.75) is 6.54 Å². The van der Waals surface area contributed by atoms with E-state index in [1.165, 1.54) is 10.6 Å². The number of benzene rings is 1. The van der Waals surface area contributed by atoms with Gasteiger partial charge < -0.3 is 10.6 Å². The lowest BCUT2D eigenvalue weighted by molar-refractivity contribution is 0.388. The molecule has 0 atom stereocenters. The molecule has 1 saturated heterocycles. The van der Waals surface area contributed by atoms with E-state index in [9.17, 15) is 8.42 Å². The molecule has 0 saturated carbocycles. The largest absolute Gasteiger partial charge is 0.369 e. The molecule has 0 aliphatic carbocycles. The van der Waals surface area contributed by atoms with Gasteiger partial charge in [-0.1, -0.05) is 15.9 Å². The van der Waals surface area contributed by atoms with Gasteiger partial charge in [-0.15, -0.1) is 0 Å². The Morgan fingerprint density at radius 1 is 1.26 bits per heavy atom. The fourth-order valence-electron chi connectivity index (χ4n) is 2.29. The summed E-state index contributed by atoms with van der Waals surface area (Å²) in [7, 11) is -3.08. The summed E-state index contributed by atoms with van der Waals surface area (Å²) >= 11 is 3.44. The van der Waals surface area contributed by atoms with E-state index in [0.29, 0.717) is 32.7 Å². The number of halogens is 1. The van der Waals surface area contributed by atoms with E-state index in [4.69, 9.17) is 5.73 Å². The zero-order chi connectivity index (χ0) is 14.0. The van der Waals surface area contributed by atoms with Gasteiger partial charge in [0.2, 0.25) is 10.0 Å². The fraction of sp³-hybridized carbons (Fsp3) is 0.500. The topological polar surface area (TPSA) is 66.6 Å². The van der Waals surface area contributed by atoms with E-state index in [1.807, 2.05) is 18.2 Å². The SMILES string of the molecule is CS(=O)(=O)N1CCN(c2ccc(Br)cc2CN)CC1. The van der Waals surface area contributed by atoms with Crippen LogP contribution in [-0.4, -0.2) is 45.2 Å². The lowest BCUT2D eigenvalue weighted by Gasteiger charge is -2.35. The van der Waals surface area contributed by atoms with Crippen molar-refractivity contribution in [3.8, 4) is 0 Å². The Bertz CT molecular complexity index is 554. The summed E-state index contributed by atoms with van der Waals surface area (Å²) in [4.78, 5) is 2.19. The van der Waals surface area contributed by atoms with Crippen LogP contribution in [0.15, 0.2) is 22.7 Å². The maximum atomic E-state index is 11.5. The number of piperazine rings is 1. The van der Waals surface area contributed by atoms with Crippen molar-refractivity contribution in [2.75, 3.05) is 37.3 Å². The number of anilines is 1. The molecule has 0 amide bonds. The predicted molar refractivity (Wildman–Crippen MR) is 80.7 cm³/mol. The first-order valence-electron chi connectivity index (χ1n) is 6.10. The van der Waals surface area contributed by atoms with Crippen molar-refractivity contribution in [2.24, 2.45) is 5.73 Å². The van der Waals surface area contributed by atoms with Crippen LogP contribution in [-0.2, 0) is 16.6 Å². The standard InChI is InChI=1S/C12H18BrN3O2S/c1-19(17,18)16-6-4-15(5-7-16)12-3-2-11(13)8-10(12)9-14/h2-3,8H,4-7,9,14H2,1H3. The van der Waals surface area contributed by atoms with Gasteiger partial charge in [-0.2, -0.15) is 4.31 Å². The third-order valence-corrected chi connectivity index (χ3v) is 5.11. The van der Waals surface area contributed by atoms with Gasteiger partial charge in [-0.25, -0.2) is 8.42 Å². The first-order chi connectivity index (χ1) is 8.91. The minimum atomic E-state index is -3.08. The highest BCUT2D eigenvalue weighted by atomic mass is 79.9. The summed E-state index contributed by atoms with van der Waals surface area (Å²) in [5.41, 5.74) is 7.94. The van der Waals surface area contributed by atoms with Crippen molar-refractivity contribution in [1.82, 2.24) is 4.31 Å². The molecule has 1 aliphatic rings. The zero-order valence-electron chi connectivity index (χ0n) is 10.8. The van der Waals surface area contributed by atoms with Gasteiger partial charge in [0.15, 0.2) is 0 Å². The quantitative estimate of drug-likeness (QED) is 0.885. The smallest absolute Gasteiger partial charge is 0.211 e. The van der Waals surface area contributed by atoms with E-state index >= 15 is 0 Å². The third kappa shape index (κ3) is 3.47. The van der Waals surface area contributed by atoms with Crippen LogP contribution in [0.5, 0.6) is 0 Å². The van der Waals surface area contributed by atoms with Crippen molar-refractivity contribution in [3.63, 3.8) is 0 Å². The summed E-state index contributed by atoms with van der Waals surface area (Å²) < 4.78 is 25.5. The second kappa shape index (κ2) is 5.78. The second-order valence-corrected chi connectivity index (χ2v) is 7.52. The van der Waals surface area contributed by atoms with Gasteiger partial charge in [0.05, 0.1) is 6.26 Å². The molecule has 1 aromatic carbocycles. The monoisotopic (exact) mass is 347 g/mol. The molecular formula is C12H18BrN3O2S. The highest BCUT2D eigenvalue weighted by Gasteiger charge is 2.24. The van der Waals surface area contributed by atoms with Crippen molar-refractivity contribution >= 4 is 31.6 Å². The van der Waals surface area contributed by atoms with Crippen LogP contribution in [0.4, 0.5) is 5.69 Å². The average molecular weight is 348 g/mol. The zero-order valence-corrected chi connectivity index (χ0v) is 13.2. The molecular weight excluding hydrogens is 330 g/mol. The Labute approximate surface area is 122 Å². The summed E-state index contributed by atoms with van der Waals surface area (Å²) in [5, 5.41) is 0. The molecule has 1 aromatic rings. The fourth-order valence-corrected chi connectivity index (χ4v) is 3.52. The maximum Gasteiger partial charge on any atom is 0.211 e. The molecule has 0 spiro atoms. The minimum absolute atomic E-state index is 0.473. The number of rotatable bonds is 3. The van der Waals surface area contributed by atoms with Gasteiger partial charge in [-0.3, -0.25) is 0 Å². The minimum Gasteiger partial charge on any atom is -0.369 e. The van der Waals surface area contributed by atoms with Crippen molar-refractivity contribution < 1.29 is 8.42 Å². The molecule has 0 aromatic heterocycles. The van der Waals surface area contributed by atoms with Crippen LogP contribution in [0.3, 0.4) is 0 Å². The van der Waals surface area contributed by atoms with Gasteiger partial charge in [-0.05, 0) is 23.8 Å². The molecule has 2 rings (SSSR count). The highest BCUT2D eigenvalue weighted by Crippen LogP contribution is 2.25. The number of sulfonamides is 1. The third-order valence-electron chi connectivity index (χ3n) is 3.31. The van der Waals surface area contributed by atoms with E-state index < -0.39 is 10.0 Å². The first kappa shape index (κ1) is 14.8. The van der Waals surface area contributed by atoms with E-state index in [0.717, 1.165) is 15.7 Å². The molecule has 1 fully saturated rings. The van der Waals surface area contributed by atoms with Crippen LogP contribution in [0.25, 0.3) is 0 Å². The number of nitrogens with two attached hydrogens (primary N) is 1. The molecule has 0 radical (unpaired) electrons. The summed E-state index contributed by atoms with van der Waals surface area (Å²) in [6.45, 7) is 2.92.